The average Bonchev–Trinajstić information content (AvgIpc) is 2.80. The van der Waals surface area contributed by atoms with Gasteiger partial charge in [-0.25, -0.2) is 4.39 Å². The smallest absolute Gasteiger partial charge is 0.187 e. The van der Waals surface area contributed by atoms with Crippen LogP contribution < -0.4 is 0 Å². The number of nitrogens with one attached hydrogen (secondary N) is 2. The average molecular weight is 420 g/mol. The fourth-order valence-corrected chi connectivity index (χ4v) is 3.36. The molecule has 31 heavy (non-hydrogen) atoms. The van der Waals surface area contributed by atoms with Gasteiger partial charge in [0.25, 0.3) is 0 Å². The third kappa shape index (κ3) is 6.33. The monoisotopic (exact) mass is 420 g/mol. The van der Waals surface area contributed by atoms with Gasteiger partial charge < -0.3 is 10.1 Å². The van der Waals surface area contributed by atoms with Crippen molar-refractivity contribution >= 4 is 41.0 Å². The Hall–Kier alpha value is -3.32. The van der Waals surface area contributed by atoms with E-state index < -0.39 is 11.6 Å². The Labute approximate surface area is 180 Å². The van der Waals surface area contributed by atoms with Crippen molar-refractivity contribution in [2.45, 2.75) is 31.6 Å². The number of aliphatic imine (C=N–C) groups is 2. The Bertz CT molecular complexity index is 996. The van der Waals surface area contributed by atoms with E-state index in [2.05, 4.69) is 9.98 Å². The van der Waals surface area contributed by atoms with Crippen LogP contribution in [0.4, 0.5) is 15.8 Å². The third-order valence-corrected chi connectivity index (χ3v) is 5.05. The topological polar surface area (TPSA) is 98.7 Å². The largest absolute Gasteiger partial charge is 0.381 e. The molecular formula is C24H25FN4O2. The lowest BCUT2D eigenvalue weighted by atomic mass is 9.91. The van der Waals surface area contributed by atoms with E-state index in [4.69, 9.17) is 15.6 Å². The van der Waals surface area contributed by atoms with Crippen LogP contribution in [0, 0.1) is 16.6 Å². The summed E-state index contributed by atoms with van der Waals surface area (Å²) in [6.07, 6.45) is 4.11. The number of hydrogen-bond acceptors (Lipinski definition) is 6. The Morgan fingerprint density at radius 1 is 1.13 bits per heavy atom. The molecule has 7 heteroatoms. The van der Waals surface area contributed by atoms with Crippen molar-refractivity contribution in [1.82, 2.24) is 0 Å². The van der Waals surface area contributed by atoms with Crippen LogP contribution in [0.15, 0.2) is 58.5 Å². The van der Waals surface area contributed by atoms with Crippen molar-refractivity contribution in [3.8, 4) is 0 Å². The summed E-state index contributed by atoms with van der Waals surface area (Å²) in [5, 5.41) is 15.5. The van der Waals surface area contributed by atoms with Crippen molar-refractivity contribution in [2.24, 2.45) is 9.98 Å². The molecule has 0 saturated carbocycles. The van der Waals surface area contributed by atoms with Crippen molar-refractivity contribution in [2.75, 3.05) is 13.2 Å². The number of nitrogens with zero attached hydrogens (tertiary/aromatic N) is 2. The molecule has 1 aliphatic rings. The van der Waals surface area contributed by atoms with Gasteiger partial charge in [0, 0.05) is 38.5 Å². The maximum absolute atomic E-state index is 14.4. The summed E-state index contributed by atoms with van der Waals surface area (Å²) in [6.45, 7) is 1.38. The minimum atomic E-state index is -0.487. The number of para-hydroxylation sites is 1. The Balaban J connectivity index is 1.64. The van der Waals surface area contributed by atoms with E-state index in [-0.39, 0.29) is 30.0 Å². The van der Waals surface area contributed by atoms with Crippen molar-refractivity contribution in [3.05, 3.63) is 59.9 Å². The summed E-state index contributed by atoms with van der Waals surface area (Å²) in [6, 6.07) is 14.0. The molecule has 0 amide bonds. The van der Waals surface area contributed by atoms with E-state index in [0.29, 0.717) is 24.8 Å². The molecule has 3 rings (SSSR count). The molecule has 6 nitrogen and oxygen atoms in total. The van der Waals surface area contributed by atoms with Crippen LogP contribution in [0.5, 0.6) is 0 Å². The molecule has 2 N–H and O–H groups in total. The predicted octanol–water partition coefficient (Wildman–Crippen LogP) is 5.21. The first-order valence-corrected chi connectivity index (χ1v) is 10.2. The molecule has 1 fully saturated rings. The Morgan fingerprint density at radius 2 is 1.87 bits per heavy atom. The zero-order valence-electron chi connectivity index (χ0n) is 17.2. The number of Topliss-reactive ketones (excluding diaryl/α,β-unsaturated/α-hetero) is 1. The van der Waals surface area contributed by atoms with Crippen LogP contribution >= 0.6 is 0 Å². The van der Waals surface area contributed by atoms with Crippen molar-refractivity contribution in [3.63, 3.8) is 0 Å². The summed E-state index contributed by atoms with van der Waals surface area (Å²) in [5.41, 5.74) is 1.65. The zero-order chi connectivity index (χ0) is 22.1. The number of rotatable bonds is 9. The van der Waals surface area contributed by atoms with Crippen LogP contribution in [-0.2, 0) is 9.53 Å². The summed E-state index contributed by atoms with van der Waals surface area (Å²) in [4.78, 5) is 20.8. The van der Waals surface area contributed by atoms with Crippen LogP contribution in [0.2, 0.25) is 0 Å². The first-order chi connectivity index (χ1) is 15.1. The molecule has 0 atom stereocenters. The molecular weight excluding hydrogens is 395 g/mol. The van der Waals surface area contributed by atoms with Gasteiger partial charge in [-0.15, -0.1) is 0 Å². The molecule has 1 heterocycles. The second-order valence-corrected chi connectivity index (χ2v) is 7.21. The highest BCUT2D eigenvalue weighted by Gasteiger charge is 2.18. The van der Waals surface area contributed by atoms with Crippen molar-refractivity contribution in [1.29, 1.82) is 10.8 Å². The molecule has 2 aromatic carbocycles. The fourth-order valence-electron chi connectivity index (χ4n) is 3.36. The van der Waals surface area contributed by atoms with Crippen LogP contribution in [0.1, 0.15) is 37.2 Å². The molecule has 0 aliphatic carbocycles. The third-order valence-electron chi connectivity index (χ3n) is 5.05. The van der Waals surface area contributed by atoms with E-state index in [0.717, 1.165) is 24.6 Å². The highest BCUT2D eigenvalue weighted by molar-refractivity contribution is 6.68. The molecule has 0 radical (unpaired) electrons. The maximum atomic E-state index is 14.4. The lowest BCUT2D eigenvalue weighted by molar-refractivity contribution is -0.111. The van der Waals surface area contributed by atoms with Gasteiger partial charge in [0.2, 0.25) is 0 Å². The number of hydrogen-bond donors (Lipinski definition) is 2. The van der Waals surface area contributed by atoms with E-state index in [1.54, 1.807) is 30.3 Å². The Morgan fingerprint density at radius 3 is 2.55 bits per heavy atom. The molecule has 0 aromatic heterocycles. The Kier molecular flexibility index (Phi) is 8.06. The number of ketones is 1. The lowest BCUT2D eigenvalue weighted by Crippen LogP contribution is -2.23. The molecule has 2 aromatic rings. The molecule has 0 unspecified atom stereocenters. The standard InChI is InChI=1S/C24H25FN4O2/c25-20-16-18(17-10-14-31-15-11-17)6-7-21(20)28-13-9-23(30)24(27)22(8-12-26)29-19-4-2-1-3-5-19/h1-7,12-13,16-17,26-27H,8-11,14-15H2. The number of benzene rings is 2. The second kappa shape index (κ2) is 11.2. The molecule has 0 bridgehead atoms. The van der Waals surface area contributed by atoms with E-state index >= 15 is 0 Å². The minimum Gasteiger partial charge on any atom is -0.381 e. The lowest BCUT2D eigenvalue weighted by Gasteiger charge is -2.22. The minimum absolute atomic E-state index is 0.0822. The van der Waals surface area contributed by atoms with Gasteiger partial charge in [0.05, 0.1) is 17.1 Å². The normalized spacial score (nSPS) is 15.2. The molecule has 0 spiro atoms. The van der Waals surface area contributed by atoms with Gasteiger partial charge in [-0.1, -0.05) is 24.3 Å². The fraction of sp³-hybridized carbons (Fsp3) is 0.292. The first kappa shape index (κ1) is 22.4. The highest BCUT2D eigenvalue weighted by Crippen LogP contribution is 2.29. The van der Waals surface area contributed by atoms with Crippen LogP contribution in [0.25, 0.3) is 0 Å². The number of carbonyl (C=O) groups is 1. The number of halogens is 1. The van der Waals surface area contributed by atoms with Crippen LogP contribution in [0.3, 0.4) is 0 Å². The van der Waals surface area contributed by atoms with Gasteiger partial charge >= 0.3 is 0 Å². The molecule has 1 saturated heterocycles. The maximum Gasteiger partial charge on any atom is 0.187 e. The van der Waals surface area contributed by atoms with E-state index in [1.807, 2.05) is 12.1 Å². The first-order valence-electron chi connectivity index (χ1n) is 10.2. The summed E-state index contributed by atoms with van der Waals surface area (Å²) >= 11 is 0. The summed E-state index contributed by atoms with van der Waals surface area (Å²) < 4.78 is 19.8. The van der Waals surface area contributed by atoms with Gasteiger partial charge in [-0.3, -0.25) is 20.2 Å². The molecule has 1 aliphatic heterocycles. The summed E-state index contributed by atoms with van der Waals surface area (Å²) in [7, 11) is 0. The summed E-state index contributed by atoms with van der Waals surface area (Å²) in [5.74, 6) is -0.628. The van der Waals surface area contributed by atoms with E-state index in [9.17, 15) is 9.18 Å². The van der Waals surface area contributed by atoms with Gasteiger partial charge in [-0.05, 0) is 48.6 Å². The predicted molar refractivity (Wildman–Crippen MR) is 122 cm³/mol. The van der Waals surface area contributed by atoms with Gasteiger partial charge in [0.1, 0.15) is 11.5 Å². The van der Waals surface area contributed by atoms with Crippen molar-refractivity contribution < 1.29 is 13.9 Å². The number of ether oxygens (including phenoxy) is 1. The zero-order valence-corrected chi connectivity index (χ0v) is 17.2. The second-order valence-electron chi connectivity index (χ2n) is 7.21. The highest BCUT2D eigenvalue weighted by atomic mass is 19.1. The van der Waals surface area contributed by atoms with E-state index in [1.165, 1.54) is 12.3 Å². The quantitative estimate of drug-likeness (QED) is 0.544. The number of carbonyl (C=O) groups excluding carboxylic acids is 1. The van der Waals surface area contributed by atoms with Gasteiger partial charge in [0.15, 0.2) is 5.78 Å². The van der Waals surface area contributed by atoms with Crippen LogP contribution in [-0.4, -0.2) is 42.8 Å². The SMILES string of the molecule is N=CCC(=Nc1ccccc1)C(=N)C(=O)CC=Nc1ccc(C2CCOCC2)cc1F. The van der Waals surface area contributed by atoms with Gasteiger partial charge in [-0.2, -0.15) is 0 Å². The molecule has 160 valence electrons.